The molecule has 1 N–H and O–H groups in total. The van der Waals surface area contributed by atoms with Gasteiger partial charge in [-0.25, -0.2) is 0 Å². The molecule has 0 amide bonds. The second kappa shape index (κ2) is 1.52. The number of rotatable bonds is 1. The molecule has 1 rings (SSSR count). The molecule has 0 aromatic rings. The van der Waals surface area contributed by atoms with Crippen LogP contribution in [0, 0.1) is 5.41 Å². The van der Waals surface area contributed by atoms with Crippen LogP contribution in [0.25, 0.3) is 0 Å². The second-order valence-electron chi connectivity index (χ2n) is 1.87. The van der Waals surface area contributed by atoms with Gasteiger partial charge in [0, 0.05) is 6.92 Å². The van der Waals surface area contributed by atoms with Crippen molar-refractivity contribution < 1.29 is 4.74 Å². The van der Waals surface area contributed by atoms with Crippen LogP contribution in [-0.4, -0.2) is 12.0 Å². The molecule has 1 fully saturated rings. The highest BCUT2D eigenvalue weighted by molar-refractivity contribution is 5.69. The summed E-state index contributed by atoms with van der Waals surface area (Å²) in [4.78, 5) is 0. The summed E-state index contributed by atoms with van der Waals surface area (Å²) in [6.45, 7) is 1.66. The number of ether oxygens (including phenoxy) is 1. The summed E-state index contributed by atoms with van der Waals surface area (Å²) in [5, 5.41) is 6.84. The van der Waals surface area contributed by atoms with Gasteiger partial charge in [-0.2, -0.15) is 0 Å². The van der Waals surface area contributed by atoms with Crippen LogP contribution >= 0.6 is 0 Å². The van der Waals surface area contributed by atoms with Crippen molar-refractivity contribution in [1.82, 2.24) is 0 Å². The fourth-order valence-electron chi connectivity index (χ4n) is 0.436. The first-order valence-electron chi connectivity index (χ1n) is 2.51. The van der Waals surface area contributed by atoms with Crippen LogP contribution in [-0.2, 0) is 4.74 Å². The molecule has 0 unspecified atom stereocenters. The first-order valence-corrected chi connectivity index (χ1v) is 2.51. The van der Waals surface area contributed by atoms with E-state index >= 15 is 0 Å². The van der Waals surface area contributed by atoms with Gasteiger partial charge in [-0.1, -0.05) is 0 Å². The maximum Gasteiger partial charge on any atom is 0.177 e. The molecule has 2 heteroatoms. The van der Waals surface area contributed by atoms with Crippen molar-refractivity contribution in [3.63, 3.8) is 0 Å². The zero-order valence-corrected chi connectivity index (χ0v) is 4.40. The van der Waals surface area contributed by atoms with Gasteiger partial charge in [0.05, 0.1) is 0 Å². The van der Waals surface area contributed by atoms with Crippen LogP contribution in [0.1, 0.15) is 19.8 Å². The van der Waals surface area contributed by atoms with Gasteiger partial charge in [0.15, 0.2) is 5.90 Å². The third-order valence-electron chi connectivity index (χ3n) is 0.868. The summed E-state index contributed by atoms with van der Waals surface area (Å²) in [7, 11) is 0. The second-order valence-corrected chi connectivity index (χ2v) is 1.87. The minimum Gasteiger partial charge on any atom is -0.478 e. The van der Waals surface area contributed by atoms with E-state index in [1.165, 1.54) is 0 Å². The van der Waals surface area contributed by atoms with Crippen molar-refractivity contribution in [2.75, 3.05) is 0 Å². The summed E-state index contributed by atoms with van der Waals surface area (Å²) in [6.07, 6.45) is 2.70. The van der Waals surface area contributed by atoms with E-state index in [0.29, 0.717) is 12.0 Å². The third kappa shape index (κ3) is 1.57. The Morgan fingerprint density at radius 1 is 1.71 bits per heavy atom. The van der Waals surface area contributed by atoms with Gasteiger partial charge in [-0.3, -0.25) is 5.41 Å². The fraction of sp³-hybridized carbons (Fsp3) is 0.800. The Kier molecular flexibility index (Phi) is 1.01. The van der Waals surface area contributed by atoms with Crippen LogP contribution in [0.3, 0.4) is 0 Å². The van der Waals surface area contributed by atoms with Crippen molar-refractivity contribution in [3.8, 4) is 0 Å². The Morgan fingerprint density at radius 2 is 2.29 bits per heavy atom. The molecule has 1 aliphatic rings. The average Bonchev–Trinajstić information content (AvgIpc) is 2.17. The topological polar surface area (TPSA) is 33.1 Å². The molecule has 1 saturated carbocycles. The zero-order chi connectivity index (χ0) is 5.28. The van der Waals surface area contributed by atoms with E-state index in [-0.39, 0.29) is 0 Å². The minimum absolute atomic E-state index is 0.350. The maximum atomic E-state index is 6.84. The molecule has 0 bridgehead atoms. The monoisotopic (exact) mass is 99.1 g/mol. The molecule has 0 radical (unpaired) electrons. The fourth-order valence-corrected chi connectivity index (χ4v) is 0.436. The molecule has 0 atom stereocenters. The minimum atomic E-state index is 0.350. The zero-order valence-electron chi connectivity index (χ0n) is 4.40. The lowest BCUT2D eigenvalue weighted by Gasteiger charge is -1.96. The number of hydrogen-bond donors (Lipinski definition) is 1. The van der Waals surface area contributed by atoms with Gasteiger partial charge in [0.25, 0.3) is 0 Å². The lowest BCUT2D eigenvalue weighted by atomic mass is 10.7. The molecule has 40 valence electrons. The van der Waals surface area contributed by atoms with Crippen LogP contribution in [0.4, 0.5) is 0 Å². The van der Waals surface area contributed by atoms with E-state index in [0.717, 1.165) is 12.8 Å². The summed E-state index contributed by atoms with van der Waals surface area (Å²) >= 11 is 0. The van der Waals surface area contributed by atoms with E-state index in [4.69, 9.17) is 10.1 Å². The van der Waals surface area contributed by atoms with Crippen LogP contribution in [0.2, 0.25) is 0 Å². The van der Waals surface area contributed by atoms with Crippen molar-refractivity contribution in [2.24, 2.45) is 0 Å². The third-order valence-corrected chi connectivity index (χ3v) is 0.868. The standard InChI is InChI=1S/C5H9NO/c1-4(6)7-5-2-3-5/h5-6H,2-3H2,1H3. The Balaban J connectivity index is 2.08. The van der Waals surface area contributed by atoms with E-state index in [2.05, 4.69) is 0 Å². The molecule has 2 nitrogen and oxygen atoms in total. The summed E-state index contributed by atoms with van der Waals surface area (Å²) in [5.41, 5.74) is 0. The van der Waals surface area contributed by atoms with Gasteiger partial charge in [-0.05, 0) is 12.8 Å². The van der Waals surface area contributed by atoms with Gasteiger partial charge >= 0.3 is 0 Å². The van der Waals surface area contributed by atoms with Crippen molar-refractivity contribution in [3.05, 3.63) is 0 Å². The molecule has 0 aromatic heterocycles. The molecule has 0 saturated heterocycles. The smallest absolute Gasteiger partial charge is 0.177 e. The average molecular weight is 99.1 g/mol. The highest BCUT2D eigenvalue weighted by Gasteiger charge is 2.23. The lowest BCUT2D eigenvalue weighted by molar-refractivity contribution is 0.284. The Morgan fingerprint density at radius 3 is 2.43 bits per heavy atom. The highest BCUT2D eigenvalue weighted by atomic mass is 16.5. The number of nitrogens with one attached hydrogen (secondary N) is 1. The summed E-state index contributed by atoms with van der Waals surface area (Å²) < 4.78 is 4.94. The normalized spacial score (nSPS) is 19.0. The molecule has 0 spiro atoms. The maximum absolute atomic E-state index is 6.84. The Bertz CT molecular complexity index is 86.1. The van der Waals surface area contributed by atoms with Crippen LogP contribution in [0.15, 0.2) is 0 Å². The predicted molar refractivity (Wildman–Crippen MR) is 27.5 cm³/mol. The van der Waals surface area contributed by atoms with Crippen LogP contribution in [0.5, 0.6) is 0 Å². The van der Waals surface area contributed by atoms with E-state index in [1.807, 2.05) is 0 Å². The van der Waals surface area contributed by atoms with Crippen molar-refractivity contribution >= 4 is 5.90 Å². The number of hydrogen-bond acceptors (Lipinski definition) is 2. The first kappa shape index (κ1) is 4.62. The molecular weight excluding hydrogens is 90.1 g/mol. The Labute approximate surface area is 43.0 Å². The van der Waals surface area contributed by atoms with Crippen molar-refractivity contribution in [1.29, 1.82) is 5.41 Å². The molecule has 0 aromatic carbocycles. The van der Waals surface area contributed by atoms with Gasteiger partial charge < -0.3 is 4.74 Å². The molecule has 0 heterocycles. The van der Waals surface area contributed by atoms with Gasteiger partial charge in [-0.15, -0.1) is 0 Å². The molecule has 7 heavy (non-hydrogen) atoms. The predicted octanol–water partition coefficient (Wildman–Crippen LogP) is 1.16. The quantitative estimate of drug-likeness (QED) is 0.388. The van der Waals surface area contributed by atoms with Crippen LogP contribution < -0.4 is 0 Å². The van der Waals surface area contributed by atoms with Gasteiger partial charge in [0.1, 0.15) is 6.10 Å². The largest absolute Gasteiger partial charge is 0.478 e. The summed E-state index contributed by atoms with van der Waals surface area (Å²) in [5.74, 6) is 0.350. The highest BCUT2D eigenvalue weighted by Crippen LogP contribution is 2.23. The summed E-state index contributed by atoms with van der Waals surface area (Å²) in [6, 6.07) is 0. The van der Waals surface area contributed by atoms with E-state index in [9.17, 15) is 0 Å². The lowest BCUT2D eigenvalue weighted by Crippen LogP contribution is -1.97. The van der Waals surface area contributed by atoms with Gasteiger partial charge in [0.2, 0.25) is 0 Å². The molecular formula is C5H9NO. The SMILES string of the molecule is CC(=N)OC1CC1. The van der Waals surface area contributed by atoms with E-state index < -0.39 is 0 Å². The van der Waals surface area contributed by atoms with Crippen molar-refractivity contribution in [2.45, 2.75) is 25.9 Å². The van der Waals surface area contributed by atoms with E-state index in [1.54, 1.807) is 6.92 Å². The Hall–Kier alpha value is -0.530. The first-order chi connectivity index (χ1) is 3.29. The molecule has 1 aliphatic carbocycles. The molecule has 0 aliphatic heterocycles.